The molecule has 0 radical (unpaired) electrons. The Morgan fingerprint density at radius 1 is 0.884 bits per heavy atom. The van der Waals surface area contributed by atoms with Crippen molar-refractivity contribution in [3.8, 4) is 34.4 Å². The maximum atomic E-state index is 13.7. The predicted octanol–water partition coefficient (Wildman–Crippen LogP) is 5.90. The summed E-state index contributed by atoms with van der Waals surface area (Å²) in [6.07, 6.45) is 1.65. The van der Waals surface area contributed by atoms with Gasteiger partial charge in [-0.15, -0.1) is 11.3 Å². The summed E-state index contributed by atoms with van der Waals surface area (Å²) in [6.45, 7) is 1.87. The summed E-state index contributed by atoms with van der Waals surface area (Å²) in [4.78, 5) is 19.0. The van der Waals surface area contributed by atoms with Gasteiger partial charge in [-0.2, -0.15) is 5.10 Å². The largest absolute Gasteiger partial charge is 0.496 e. The highest BCUT2D eigenvalue weighted by atomic mass is 32.1. The fourth-order valence-corrected chi connectivity index (χ4v) is 5.64. The average Bonchev–Trinajstić information content (AvgIpc) is 3.70. The van der Waals surface area contributed by atoms with Gasteiger partial charge in [-0.3, -0.25) is 9.48 Å². The number of ether oxygens (including phenoxy) is 3. The van der Waals surface area contributed by atoms with Crippen LogP contribution in [0.5, 0.6) is 17.2 Å². The summed E-state index contributed by atoms with van der Waals surface area (Å²) in [5, 5.41) is 7.69. The van der Waals surface area contributed by atoms with Gasteiger partial charge in [-0.25, -0.2) is 14.4 Å². The van der Waals surface area contributed by atoms with Gasteiger partial charge in [0.05, 0.1) is 38.9 Å². The lowest BCUT2D eigenvalue weighted by Crippen LogP contribution is -2.19. The van der Waals surface area contributed by atoms with Crippen LogP contribution in [0.2, 0.25) is 0 Å². The SMILES string of the molecule is COc1cc(OC)c(OC)cc1C=Nn1c(-c2cc3ccccc3o2)csc1=Nc1c(C)n(C)n(-c2ccccc2)c1=O. The number of aromatic nitrogens is 3. The van der Waals surface area contributed by atoms with Crippen LogP contribution in [-0.2, 0) is 7.05 Å². The molecule has 0 atom stereocenters. The molecule has 0 saturated carbocycles. The first-order valence-corrected chi connectivity index (χ1v) is 14.2. The maximum absolute atomic E-state index is 13.7. The highest BCUT2D eigenvalue weighted by molar-refractivity contribution is 7.07. The van der Waals surface area contributed by atoms with Crippen molar-refractivity contribution in [3.63, 3.8) is 0 Å². The lowest BCUT2D eigenvalue weighted by molar-refractivity contribution is 0.349. The molecule has 6 rings (SSSR count). The third-order valence-electron chi connectivity index (χ3n) is 7.14. The van der Waals surface area contributed by atoms with Crippen LogP contribution in [0.1, 0.15) is 11.3 Å². The van der Waals surface area contributed by atoms with Gasteiger partial charge in [0.25, 0.3) is 5.56 Å². The molecule has 0 aliphatic heterocycles. The normalized spacial score (nSPS) is 12.0. The van der Waals surface area contributed by atoms with Gasteiger partial charge in [0.2, 0.25) is 4.80 Å². The Hall–Kier alpha value is -5.29. The van der Waals surface area contributed by atoms with Crippen LogP contribution in [0.4, 0.5) is 5.69 Å². The van der Waals surface area contributed by atoms with Crippen molar-refractivity contribution in [2.45, 2.75) is 6.92 Å². The number of fused-ring (bicyclic) bond motifs is 1. The first kappa shape index (κ1) is 27.9. The molecule has 0 bridgehead atoms. The predicted molar refractivity (Wildman–Crippen MR) is 168 cm³/mol. The summed E-state index contributed by atoms with van der Waals surface area (Å²) >= 11 is 1.35. The Bertz CT molecular complexity index is 2060. The number of hydrogen-bond acceptors (Lipinski definition) is 8. The number of hydrogen-bond donors (Lipinski definition) is 0. The Balaban J connectivity index is 1.55. The van der Waals surface area contributed by atoms with Crippen LogP contribution in [0.15, 0.2) is 97.5 Å². The average molecular weight is 596 g/mol. The number of nitrogens with zero attached hydrogens (tertiary/aromatic N) is 5. The third-order valence-corrected chi connectivity index (χ3v) is 7.96. The second kappa shape index (κ2) is 11.5. The number of furan rings is 1. The van der Waals surface area contributed by atoms with Gasteiger partial charge in [-0.1, -0.05) is 36.4 Å². The summed E-state index contributed by atoms with van der Waals surface area (Å²) in [7, 11) is 6.55. The van der Waals surface area contributed by atoms with Gasteiger partial charge in [-0.05, 0) is 37.3 Å². The van der Waals surface area contributed by atoms with Gasteiger partial charge in [0.15, 0.2) is 22.9 Å². The van der Waals surface area contributed by atoms with E-state index >= 15 is 0 Å². The minimum Gasteiger partial charge on any atom is -0.496 e. The van der Waals surface area contributed by atoms with E-state index in [1.54, 1.807) is 53.7 Å². The second-order valence-corrected chi connectivity index (χ2v) is 10.4. The molecule has 0 aliphatic rings. The zero-order valence-electron chi connectivity index (χ0n) is 24.3. The van der Waals surface area contributed by atoms with Crippen LogP contribution in [-0.4, -0.2) is 41.6 Å². The van der Waals surface area contributed by atoms with Crippen molar-refractivity contribution < 1.29 is 18.6 Å². The van der Waals surface area contributed by atoms with Crippen molar-refractivity contribution in [3.05, 3.63) is 105 Å². The van der Waals surface area contributed by atoms with Crippen molar-refractivity contribution in [2.24, 2.45) is 17.1 Å². The minimum atomic E-state index is -0.234. The first-order chi connectivity index (χ1) is 20.9. The van der Waals surface area contributed by atoms with Crippen molar-refractivity contribution in [2.75, 3.05) is 21.3 Å². The molecule has 11 heteroatoms. The molecule has 3 aromatic carbocycles. The number of methoxy groups -OCH3 is 3. The highest BCUT2D eigenvalue weighted by Gasteiger charge is 2.18. The van der Waals surface area contributed by atoms with E-state index in [0.29, 0.717) is 50.4 Å². The fraction of sp³-hybridized carbons (Fsp3) is 0.156. The van der Waals surface area contributed by atoms with E-state index in [9.17, 15) is 4.79 Å². The van der Waals surface area contributed by atoms with Crippen LogP contribution >= 0.6 is 11.3 Å². The second-order valence-electron chi connectivity index (χ2n) is 9.58. The molecule has 6 aromatic rings. The molecule has 0 unspecified atom stereocenters. The molecule has 3 heterocycles. The summed E-state index contributed by atoms with van der Waals surface area (Å²) < 4.78 is 27.8. The van der Waals surface area contributed by atoms with E-state index in [4.69, 9.17) is 28.7 Å². The van der Waals surface area contributed by atoms with E-state index in [2.05, 4.69) is 0 Å². The van der Waals surface area contributed by atoms with E-state index in [1.165, 1.54) is 11.3 Å². The van der Waals surface area contributed by atoms with Crippen LogP contribution < -0.4 is 24.6 Å². The fourth-order valence-electron chi connectivity index (χ4n) is 4.82. The molecule has 3 aromatic heterocycles. The van der Waals surface area contributed by atoms with Gasteiger partial charge in [0, 0.05) is 29.4 Å². The van der Waals surface area contributed by atoms with E-state index in [0.717, 1.165) is 16.7 Å². The third kappa shape index (κ3) is 5.04. The molecular formula is C32H29N5O5S. The zero-order valence-corrected chi connectivity index (χ0v) is 25.1. The van der Waals surface area contributed by atoms with Gasteiger partial charge in [0.1, 0.15) is 17.0 Å². The molecule has 43 heavy (non-hydrogen) atoms. The zero-order chi connectivity index (χ0) is 30.1. The standard InChI is InChI=1S/C32H29N5O5S/c1-20-30(31(38)37(35(20)2)23-12-7-6-8-13-23)34-32-36(24(19-43-32)27-15-21-11-9-10-14-25(21)42-27)33-18-22-16-28(40-4)29(41-5)17-26(22)39-3/h6-19H,1-5H3. The highest BCUT2D eigenvalue weighted by Crippen LogP contribution is 2.34. The molecule has 218 valence electrons. The van der Waals surface area contributed by atoms with Crippen LogP contribution in [0, 0.1) is 6.92 Å². The van der Waals surface area contributed by atoms with E-state index in [1.807, 2.05) is 80.0 Å². The first-order valence-electron chi connectivity index (χ1n) is 13.4. The number of benzene rings is 3. The maximum Gasteiger partial charge on any atom is 0.297 e. The van der Waals surface area contributed by atoms with Crippen molar-refractivity contribution in [1.82, 2.24) is 14.0 Å². The lowest BCUT2D eigenvalue weighted by atomic mass is 10.2. The Labute approximate surface area is 250 Å². The van der Waals surface area contributed by atoms with Gasteiger partial charge >= 0.3 is 0 Å². The lowest BCUT2D eigenvalue weighted by Gasteiger charge is -2.11. The van der Waals surface area contributed by atoms with Crippen molar-refractivity contribution >= 4 is 34.2 Å². The van der Waals surface area contributed by atoms with Crippen LogP contribution in [0.25, 0.3) is 28.1 Å². The summed E-state index contributed by atoms with van der Waals surface area (Å²) in [5.41, 5.74) is 3.63. The topological polar surface area (TPSA) is 97.4 Å². The quantitative estimate of drug-likeness (QED) is 0.204. The monoisotopic (exact) mass is 595 g/mol. The molecule has 0 amide bonds. The molecule has 10 nitrogen and oxygen atoms in total. The van der Waals surface area contributed by atoms with Crippen molar-refractivity contribution in [1.29, 1.82) is 0 Å². The van der Waals surface area contributed by atoms with Gasteiger partial charge < -0.3 is 18.6 Å². The van der Waals surface area contributed by atoms with E-state index in [-0.39, 0.29) is 5.56 Å². The Kier molecular flexibility index (Phi) is 7.47. The molecule has 0 fully saturated rings. The number of thiazole rings is 1. The molecule has 0 aliphatic carbocycles. The molecule has 0 N–H and O–H groups in total. The summed E-state index contributed by atoms with van der Waals surface area (Å²) in [6, 6.07) is 22.7. The molecule has 0 saturated heterocycles. The van der Waals surface area contributed by atoms with Crippen LogP contribution in [0.3, 0.4) is 0 Å². The minimum absolute atomic E-state index is 0.234. The Morgan fingerprint density at radius 2 is 1.58 bits per heavy atom. The molecular weight excluding hydrogens is 566 g/mol. The number of rotatable bonds is 8. The molecule has 0 spiro atoms. The van der Waals surface area contributed by atoms with E-state index < -0.39 is 0 Å². The smallest absolute Gasteiger partial charge is 0.297 e. The Morgan fingerprint density at radius 3 is 2.30 bits per heavy atom. The number of para-hydroxylation sites is 2. The summed E-state index contributed by atoms with van der Waals surface area (Å²) in [5.74, 6) is 2.23.